The van der Waals surface area contributed by atoms with E-state index >= 15 is 0 Å². The summed E-state index contributed by atoms with van der Waals surface area (Å²) in [5.74, 6) is 1.05. The third-order valence-electron chi connectivity index (χ3n) is 4.75. The van der Waals surface area contributed by atoms with Crippen LogP contribution in [-0.4, -0.2) is 18.4 Å². The predicted octanol–water partition coefficient (Wildman–Crippen LogP) is 3.13. The molecule has 0 bridgehead atoms. The molecule has 1 saturated heterocycles. The van der Waals surface area contributed by atoms with Crippen molar-refractivity contribution in [2.75, 3.05) is 11.4 Å². The van der Waals surface area contributed by atoms with Crippen LogP contribution in [0.3, 0.4) is 0 Å². The summed E-state index contributed by atoms with van der Waals surface area (Å²) in [6.07, 6.45) is 8.31. The molecule has 2 fully saturated rings. The van der Waals surface area contributed by atoms with E-state index in [1.165, 1.54) is 50.8 Å². The number of anilines is 1. The Morgan fingerprint density at radius 1 is 1.05 bits per heavy atom. The number of nitrogens with two attached hydrogens (primary N) is 1. The topological polar surface area (TPSA) is 53.1 Å². The average Bonchev–Trinajstić information content (AvgIpc) is 3.09. The second kappa shape index (κ2) is 5.24. The Balaban J connectivity index is 1.78. The number of nitrogens with zero attached hydrogens (tertiary/aromatic N) is 1. The molecule has 3 rings (SSSR count). The number of nitrogen functional groups attached to an aromatic ring is 1. The molecule has 1 aliphatic carbocycles. The van der Waals surface area contributed by atoms with Gasteiger partial charge in [0, 0.05) is 23.8 Å². The maximum Gasteiger partial charge on any atom is 0.122 e. The fraction of sp³-hybridized carbons (Fsp3) is 0.562. The highest BCUT2D eigenvalue weighted by atomic mass is 15.2. The van der Waals surface area contributed by atoms with E-state index in [9.17, 15) is 0 Å². The van der Waals surface area contributed by atoms with E-state index in [1.54, 1.807) is 0 Å². The van der Waals surface area contributed by atoms with Crippen LogP contribution in [0, 0.1) is 11.3 Å². The monoisotopic (exact) mass is 257 g/mol. The quantitative estimate of drug-likeness (QED) is 0.645. The maximum atomic E-state index is 7.46. The summed E-state index contributed by atoms with van der Waals surface area (Å²) in [7, 11) is 0. The normalized spacial score (nSPS) is 24.0. The summed E-state index contributed by atoms with van der Waals surface area (Å²) >= 11 is 0. The summed E-state index contributed by atoms with van der Waals surface area (Å²) in [6.45, 7) is 1.18. The molecule has 1 saturated carbocycles. The van der Waals surface area contributed by atoms with Gasteiger partial charge in [0.2, 0.25) is 0 Å². The standard InChI is InChI=1S/C16H23N3/c17-16(18)13-7-9-14(10-8-13)19-11-3-6-15(19)12-4-1-2-5-12/h7-10,12,15H,1-6,11H2,(H3,17,18). The number of benzene rings is 1. The van der Waals surface area contributed by atoms with E-state index in [0.29, 0.717) is 0 Å². The van der Waals surface area contributed by atoms with Gasteiger partial charge in [-0.3, -0.25) is 5.41 Å². The number of amidine groups is 1. The Hall–Kier alpha value is -1.51. The summed E-state index contributed by atoms with van der Waals surface area (Å²) in [5.41, 5.74) is 7.64. The molecule has 3 N–H and O–H groups in total. The van der Waals surface area contributed by atoms with Crippen molar-refractivity contribution in [2.24, 2.45) is 11.7 Å². The fourth-order valence-corrected chi connectivity index (χ4v) is 3.78. The van der Waals surface area contributed by atoms with Gasteiger partial charge in [-0.05, 0) is 55.9 Å². The third-order valence-corrected chi connectivity index (χ3v) is 4.75. The molecule has 0 aromatic heterocycles. The summed E-state index contributed by atoms with van der Waals surface area (Å²) in [4.78, 5) is 2.58. The molecule has 1 unspecified atom stereocenters. The Kier molecular flexibility index (Phi) is 3.45. The lowest BCUT2D eigenvalue weighted by Gasteiger charge is -2.31. The SMILES string of the molecule is N=C(N)c1ccc(N2CCCC2C2CCCC2)cc1. The lowest BCUT2D eigenvalue weighted by Crippen LogP contribution is -2.34. The third kappa shape index (κ3) is 2.46. The van der Waals surface area contributed by atoms with Gasteiger partial charge in [-0.15, -0.1) is 0 Å². The molecule has 1 heterocycles. The van der Waals surface area contributed by atoms with E-state index in [1.807, 2.05) is 12.1 Å². The first-order valence-corrected chi connectivity index (χ1v) is 7.47. The molecule has 1 aromatic carbocycles. The number of nitrogens with one attached hydrogen (secondary N) is 1. The van der Waals surface area contributed by atoms with Crippen molar-refractivity contribution >= 4 is 11.5 Å². The van der Waals surface area contributed by atoms with Crippen molar-refractivity contribution in [1.29, 1.82) is 5.41 Å². The molecule has 3 nitrogen and oxygen atoms in total. The highest BCUT2D eigenvalue weighted by Gasteiger charge is 2.33. The van der Waals surface area contributed by atoms with Crippen LogP contribution in [0.25, 0.3) is 0 Å². The van der Waals surface area contributed by atoms with Crippen molar-refractivity contribution in [2.45, 2.75) is 44.6 Å². The molecule has 0 amide bonds. The van der Waals surface area contributed by atoms with Crippen molar-refractivity contribution in [3.05, 3.63) is 29.8 Å². The Bertz CT molecular complexity index is 446. The first-order chi connectivity index (χ1) is 9.25. The zero-order chi connectivity index (χ0) is 13.2. The number of hydrogen-bond donors (Lipinski definition) is 2. The van der Waals surface area contributed by atoms with E-state index in [-0.39, 0.29) is 5.84 Å². The molecule has 102 valence electrons. The summed E-state index contributed by atoms with van der Waals surface area (Å²) in [6, 6.07) is 8.95. The van der Waals surface area contributed by atoms with E-state index < -0.39 is 0 Å². The fourth-order valence-electron chi connectivity index (χ4n) is 3.78. The van der Waals surface area contributed by atoms with E-state index in [0.717, 1.165) is 17.5 Å². The summed E-state index contributed by atoms with van der Waals surface area (Å²) < 4.78 is 0. The highest BCUT2D eigenvalue weighted by Crippen LogP contribution is 2.37. The smallest absolute Gasteiger partial charge is 0.122 e. The van der Waals surface area contributed by atoms with Gasteiger partial charge in [-0.2, -0.15) is 0 Å². The molecule has 3 heteroatoms. The summed E-state index contributed by atoms with van der Waals surface area (Å²) in [5, 5.41) is 7.46. The Morgan fingerprint density at radius 3 is 2.37 bits per heavy atom. The van der Waals surface area contributed by atoms with Gasteiger partial charge in [0.1, 0.15) is 5.84 Å². The van der Waals surface area contributed by atoms with Crippen LogP contribution in [-0.2, 0) is 0 Å². The lowest BCUT2D eigenvalue weighted by molar-refractivity contribution is 0.431. The van der Waals surface area contributed by atoms with Gasteiger partial charge in [0.05, 0.1) is 0 Å². The molecular weight excluding hydrogens is 234 g/mol. The highest BCUT2D eigenvalue weighted by molar-refractivity contribution is 5.95. The van der Waals surface area contributed by atoms with Crippen LogP contribution >= 0.6 is 0 Å². The number of hydrogen-bond acceptors (Lipinski definition) is 2. The maximum absolute atomic E-state index is 7.46. The minimum atomic E-state index is 0.153. The van der Waals surface area contributed by atoms with Crippen molar-refractivity contribution in [3.8, 4) is 0 Å². The van der Waals surface area contributed by atoms with Gasteiger partial charge < -0.3 is 10.6 Å². The molecule has 0 spiro atoms. The predicted molar refractivity (Wildman–Crippen MR) is 79.8 cm³/mol. The van der Waals surface area contributed by atoms with E-state index in [2.05, 4.69) is 17.0 Å². The van der Waals surface area contributed by atoms with Crippen LogP contribution in [0.15, 0.2) is 24.3 Å². The molecule has 19 heavy (non-hydrogen) atoms. The van der Waals surface area contributed by atoms with Gasteiger partial charge in [-0.25, -0.2) is 0 Å². The molecule has 2 aliphatic rings. The van der Waals surface area contributed by atoms with Crippen molar-refractivity contribution in [3.63, 3.8) is 0 Å². The second-order valence-electron chi connectivity index (χ2n) is 5.91. The Labute approximate surface area is 115 Å². The Morgan fingerprint density at radius 2 is 1.74 bits per heavy atom. The van der Waals surface area contributed by atoms with Gasteiger partial charge in [-0.1, -0.05) is 12.8 Å². The van der Waals surface area contributed by atoms with Crippen LogP contribution in [0.5, 0.6) is 0 Å². The average molecular weight is 257 g/mol. The van der Waals surface area contributed by atoms with Crippen LogP contribution in [0.2, 0.25) is 0 Å². The van der Waals surface area contributed by atoms with Crippen molar-refractivity contribution in [1.82, 2.24) is 0 Å². The first-order valence-electron chi connectivity index (χ1n) is 7.47. The molecule has 1 aliphatic heterocycles. The van der Waals surface area contributed by atoms with Crippen LogP contribution in [0.4, 0.5) is 5.69 Å². The van der Waals surface area contributed by atoms with Crippen molar-refractivity contribution < 1.29 is 0 Å². The van der Waals surface area contributed by atoms with Crippen LogP contribution in [0.1, 0.15) is 44.1 Å². The zero-order valence-corrected chi connectivity index (χ0v) is 11.4. The largest absolute Gasteiger partial charge is 0.384 e. The molecule has 1 atom stereocenters. The minimum absolute atomic E-state index is 0.153. The second-order valence-corrected chi connectivity index (χ2v) is 5.91. The van der Waals surface area contributed by atoms with Gasteiger partial charge in [0.15, 0.2) is 0 Å². The number of rotatable bonds is 3. The zero-order valence-electron chi connectivity index (χ0n) is 11.4. The molecule has 0 radical (unpaired) electrons. The lowest BCUT2D eigenvalue weighted by atomic mass is 9.95. The molecule has 1 aromatic rings. The molecular formula is C16H23N3. The minimum Gasteiger partial charge on any atom is -0.384 e. The van der Waals surface area contributed by atoms with E-state index in [4.69, 9.17) is 11.1 Å². The van der Waals surface area contributed by atoms with Crippen LogP contribution < -0.4 is 10.6 Å². The van der Waals surface area contributed by atoms with Gasteiger partial charge in [0.25, 0.3) is 0 Å². The first kappa shape index (κ1) is 12.5. The van der Waals surface area contributed by atoms with Gasteiger partial charge >= 0.3 is 0 Å².